The molecule has 2 aromatic rings. The predicted molar refractivity (Wildman–Crippen MR) is 125 cm³/mol. The van der Waals surface area contributed by atoms with Gasteiger partial charge in [-0.15, -0.1) is 0 Å². The van der Waals surface area contributed by atoms with Gasteiger partial charge in [0.15, 0.2) is 0 Å². The Morgan fingerprint density at radius 1 is 1.13 bits per heavy atom. The summed E-state index contributed by atoms with van der Waals surface area (Å²) in [7, 11) is 0. The molecule has 0 bridgehead atoms. The first-order valence-electron chi connectivity index (χ1n) is 11.0. The fourth-order valence-corrected chi connectivity index (χ4v) is 5.19. The first kappa shape index (κ1) is 21.2. The number of amides is 3. The Balaban J connectivity index is 1.62. The summed E-state index contributed by atoms with van der Waals surface area (Å²) in [6.45, 7) is 11.6. The number of nitrogens with zero attached hydrogens (tertiary/aromatic N) is 2. The van der Waals surface area contributed by atoms with E-state index in [0.717, 1.165) is 17.5 Å². The minimum absolute atomic E-state index is 0.0912. The molecule has 1 saturated heterocycles. The van der Waals surface area contributed by atoms with E-state index in [-0.39, 0.29) is 24.0 Å². The normalized spacial score (nSPS) is 21.6. The summed E-state index contributed by atoms with van der Waals surface area (Å²) in [5.74, 6) is 0.131. The van der Waals surface area contributed by atoms with Crippen LogP contribution in [0.5, 0.6) is 0 Å². The topological polar surface area (TPSA) is 52.7 Å². The zero-order valence-corrected chi connectivity index (χ0v) is 19.0. The third-order valence-corrected chi connectivity index (χ3v) is 6.27. The van der Waals surface area contributed by atoms with Crippen molar-refractivity contribution in [3.8, 4) is 0 Å². The summed E-state index contributed by atoms with van der Waals surface area (Å²) in [4.78, 5) is 29.0. The molecule has 0 aromatic heterocycles. The summed E-state index contributed by atoms with van der Waals surface area (Å²) in [5.41, 5.74) is 4.82. The van der Waals surface area contributed by atoms with E-state index in [1.54, 1.807) is 6.08 Å². The summed E-state index contributed by atoms with van der Waals surface area (Å²) in [6, 6.07) is 15.9. The van der Waals surface area contributed by atoms with E-state index in [1.165, 1.54) is 16.2 Å². The lowest BCUT2D eigenvalue weighted by Gasteiger charge is -2.50. The molecule has 2 aromatic carbocycles. The van der Waals surface area contributed by atoms with Crippen LogP contribution in [0.1, 0.15) is 63.6 Å². The number of benzene rings is 2. The van der Waals surface area contributed by atoms with Crippen LogP contribution in [0.15, 0.2) is 54.2 Å². The first-order chi connectivity index (χ1) is 14.7. The molecule has 31 heavy (non-hydrogen) atoms. The Bertz CT molecular complexity index is 1040. The van der Waals surface area contributed by atoms with Gasteiger partial charge in [-0.25, -0.2) is 4.79 Å². The second-order valence-corrected chi connectivity index (χ2v) is 9.56. The van der Waals surface area contributed by atoms with Gasteiger partial charge in [-0.05, 0) is 74.9 Å². The van der Waals surface area contributed by atoms with E-state index >= 15 is 0 Å². The number of rotatable bonds is 4. The van der Waals surface area contributed by atoms with Crippen LogP contribution in [0.25, 0.3) is 6.08 Å². The number of carbonyl (C=O) groups excluding carboxylic acids is 2. The molecule has 162 valence electrons. The molecule has 2 heterocycles. The molecule has 1 N–H and O–H groups in total. The van der Waals surface area contributed by atoms with Gasteiger partial charge in [0, 0.05) is 17.3 Å². The van der Waals surface area contributed by atoms with Crippen molar-refractivity contribution in [1.82, 2.24) is 10.2 Å². The van der Waals surface area contributed by atoms with Crippen LogP contribution in [0, 0.1) is 0 Å². The van der Waals surface area contributed by atoms with Crippen LogP contribution < -0.4 is 10.2 Å². The minimum Gasteiger partial charge on any atom is -0.364 e. The summed E-state index contributed by atoms with van der Waals surface area (Å²) in [6.07, 6.45) is 2.86. The van der Waals surface area contributed by atoms with Crippen molar-refractivity contribution >= 4 is 23.7 Å². The lowest BCUT2D eigenvalue weighted by Crippen LogP contribution is -2.51. The molecule has 5 heteroatoms. The van der Waals surface area contributed by atoms with Gasteiger partial charge in [0.25, 0.3) is 5.91 Å². The number of nitrogens with one attached hydrogen (secondary N) is 1. The monoisotopic (exact) mass is 417 g/mol. The van der Waals surface area contributed by atoms with Gasteiger partial charge >= 0.3 is 6.03 Å². The fourth-order valence-electron chi connectivity index (χ4n) is 5.19. The number of urea groups is 1. The fraction of sp³-hybridized carbons (Fsp3) is 0.385. The maximum atomic E-state index is 12.9. The van der Waals surface area contributed by atoms with Crippen LogP contribution in [-0.2, 0) is 11.3 Å². The Morgan fingerprint density at radius 3 is 2.52 bits per heavy atom. The number of imide groups is 1. The molecule has 3 amide bonds. The molecule has 4 rings (SSSR count). The van der Waals surface area contributed by atoms with E-state index in [0.29, 0.717) is 17.7 Å². The van der Waals surface area contributed by atoms with Crippen molar-refractivity contribution in [2.75, 3.05) is 4.90 Å². The van der Waals surface area contributed by atoms with Gasteiger partial charge in [0.2, 0.25) is 0 Å². The minimum atomic E-state index is -0.376. The Morgan fingerprint density at radius 2 is 1.84 bits per heavy atom. The van der Waals surface area contributed by atoms with E-state index < -0.39 is 0 Å². The number of fused-ring (bicyclic) bond motifs is 1. The zero-order chi connectivity index (χ0) is 22.3. The lowest BCUT2D eigenvalue weighted by atomic mass is 9.79. The molecule has 2 aliphatic heterocycles. The van der Waals surface area contributed by atoms with Gasteiger partial charge < -0.3 is 10.2 Å². The average molecular weight is 418 g/mol. The molecule has 1 fully saturated rings. The van der Waals surface area contributed by atoms with Gasteiger partial charge in [-0.1, -0.05) is 43.3 Å². The molecule has 2 aliphatic rings. The Labute approximate surface area is 184 Å². The standard InChI is InChI=1S/C26H31N3O2/c1-17(2)29-23-12-11-20(13-21(23)18(3)15-26(29,4)5)14-22-24(30)28(25(31)27-22)16-19-9-7-6-8-10-19/h6-14,17-18H,15-16H2,1-5H3,(H,27,31)/b22-14-/t18-/m1/s1. The molecule has 1 atom stereocenters. The molecule has 0 radical (unpaired) electrons. The highest BCUT2D eigenvalue weighted by Gasteiger charge is 2.38. The van der Waals surface area contributed by atoms with Crippen molar-refractivity contribution in [3.63, 3.8) is 0 Å². The second kappa shape index (κ2) is 7.88. The third-order valence-electron chi connectivity index (χ3n) is 6.27. The summed E-state index contributed by atoms with van der Waals surface area (Å²) in [5, 5.41) is 2.74. The van der Waals surface area contributed by atoms with E-state index in [1.807, 2.05) is 36.4 Å². The maximum absolute atomic E-state index is 12.9. The van der Waals surface area contributed by atoms with E-state index in [2.05, 4.69) is 57.0 Å². The summed E-state index contributed by atoms with van der Waals surface area (Å²) < 4.78 is 0. The highest BCUT2D eigenvalue weighted by molar-refractivity contribution is 6.13. The van der Waals surface area contributed by atoms with Crippen molar-refractivity contribution < 1.29 is 9.59 Å². The SMILES string of the molecule is CC(C)N1c2ccc(/C=C3\NC(=O)N(Cc4ccccc4)C3=O)cc2[C@H](C)CC1(C)C. The summed E-state index contributed by atoms with van der Waals surface area (Å²) >= 11 is 0. The van der Waals surface area contributed by atoms with Gasteiger partial charge in [0.05, 0.1) is 6.54 Å². The van der Waals surface area contributed by atoms with Crippen LogP contribution in [0.4, 0.5) is 10.5 Å². The quantitative estimate of drug-likeness (QED) is 0.544. The van der Waals surface area contributed by atoms with Crippen LogP contribution in [0.3, 0.4) is 0 Å². The second-order valence-electron chi connectivity index (χ2n) is 9.56. The molecular weight excluding hydrogens is 386 g/mol. The van der Waals surface area contributed by atoms with Crippen LogP contribution in [0.2, 0.25) is 0 Å². The van der Waals surface area contributed by atoms with Crippen LogP contribution in [-0.4, -0.2) is 28.4 Å². The van der Waals surface area contributed by atoms with Gasteiger partial charge in [-0.2, -0.15) is 0 Å². The van der Waals surface area contributed by atoms with Crippen LogP contribution >= 0.6 is 0 Å². The zero-order valence-electron chi connectivity index (χ0n) is 19.0. The molecule has 0 saturated carbocycles. The molecule has 0 aliphatic carbocycles. The lowest BCUT2D eigenvalue weighted by molar-refractivity contribution is -0.123. The largest absolute Gasteiger partial charge is 0.364 e. The van der Waals surface area contributed by atoms with Gasteiger partial charge in [-0.3, -0.25) is 9.69 Å². The van der Waals surface area contributed by atoms with E-state index in [9.17, 15) is 9.59 Å². The maximum Gasteiger partial charge on any atom is 0.329 e. The molecule has 0 unspecified atom stereocenters. The average Bonchev–Trinajstić information content (AvgIpc) is 2.95. The molecule has 5 nitrogen and oxygen atoms in total. The van der Waals surface area contributed by atoms with Crippen molar-refractivity contribution in [2.24, 2.45) is 0 Å². The molecular formula is C26H31N3O2. The van der Waals surface area contributed by atoms with Crippen molar-refractivity contribution in [3.05, 3.63) is 70.9 Å². The third kappa shape index (κ3) is 3.97. The number of hydrogen-bond acceptors (Lipinski definition) is 3. The van der Waals surface area contributed by atoms with E-state index in [4.69, 9.17) is 0 Å². The van der Waals surface area contributed by atoms with Crippen molar-refractivity contribution in [2.45, 2.75) is 65.1 Å². The highest BCUT2D eigenvalue weighted by atomic mass is 16.2. The number of anilines is 1. The van der Waals surface area contributed by atoms with Crippen molar-refractivity contribution in [1.29, 1.82) is 0 Å². The Hall–Kier alpha value is -3.08. The first-order valence-corrected chi connectivity index (χ1v) is 11.0. The smallest absolute Gasteiger partial charge is 0.329 e. The highest BCUT2D eigenvalue weighted by Crippen LogP contribution is 2.44. The Kier molecular flexibility index (Phi) is 5.38. The van der Waals surface area contributed by atoms with Gasteiger partial charge in [0.1, 0.15) is 5.70 Å². The molecule has 0 spiro atoms. The number of carbonyl (C=O) groups is 2. The predicted octanol–water partition coefficient (Wildman–Crippen LogP) is 5.28. The number of hydrogen-bond donors (Lipinski definition) is 1.